The van der Waals surface area contributed by atoms with Gasteiger partial charge in [0.1, 0.15) is 17.5 Å². The van der Waals surface area contributed by atoms with Gasteiger partial charge in [-0.3, -0.25) is 0 Å². The molecule has 5 nitrogen and oxygen atoms in total. The molecule has 0 bridgehead atoms. The van der Waals surface area contributed by atoms with Crippen LogP contribution in [0.2, 0.25) is 0 Å². The highest BCUT2D eigenvalue weighted by Gasteiger charge is 2.19. The average Bonchev–Trinajstić information content (AvgIpc) is 2.76. The summed E-state index contributed by atoms with van der Waals surface area (Å²) in [4.78, 5) is 11.3. The SMILES string of the molecule is Cc1nc(NC2CNC2)cc(N2CCCC2)n1. The van der Waals surface area contributed by atoms with Crippen LogP contribution in [0.15, 0.2) is 6.07 Å². The van der Waals surface area contributed by atoms with Crippen LogP contribution in [-0.2, 0) is 0 Å². The van der Waals surface area contributed by atoms with Gasteiger partial charge in [0.2, 0.25) is 0 Å². The van der Waals surface area contributed by atoms with E-state index in [-0.39, 0.29) is 0 Å². The number of aromatic nitrogens is 2. The average molecular weight is 233 g/mol. The molecular weight excluding hydrogens is 214 g/mol. The molecule has 2 aliphatic rings. The Morgan fingerprint density at radius 1 is 1.29 bits per heavy atom. The Balaban J connectivity index is 1.78. The zero-order valence-corrected chi connectivity index (χ0v) is 10.2. The monoisotopic (exact) mass is 233 g/mol. The van der Waals surface area contributed by atoms with Gasteiger partial charge in [0.05, 0.1) is 6.04 Å². The number of aryl methyl sites for hydroxylation is 1. The molecule has 3 heterocycles. The summed E-state index contributed by atoms with van der Waals surface area (Å²) < 4.78 is 0. The molecule has 17 heavy (non-hydrogen) atoms. The van der Waals surface area contributed by atoms with Gasteiger partial charge in [-0.15, -0.1) is 0 Å². The highest BCUT2D eigenvalue weighted by atomic mass is 15.2. The van der Waals surface area contributed by atoms with Crippen molar-refractivity contribution in [3.05, 3.63) is 11.9 Å². The highest BCUT2D eigenvalue weighted by molar-refractivity contribution is 5.50. The molecule has 1 aromatic rings. The number of anilines is 2. The molecule has 0 unspecified atom stereocenters. The van der Waals surface area contributed by atoms with Gasteiger partial charge in [-0.2, -0.15) is 0 Å². The summed E-state index contributed by atoms with van der Waals surface area (Å²) in [7, 11) is 0. The summed E-state index contributed by atoms with van der Waals surface area (Å²) in [5.41, 5.74) is 0. The first-order valence-electron chi connectivity index (χ1n) is 6.39. The second-order valence-corrected chi connectivity index (χ2v) is 4.85. The lowest BCUT2D eigenvalue weighted by Gasteiger charge is -2.29. The summed E-state index contributed by atoms with van der Waals surface area (Å²) >= 11 is 0. The van der Waals surface area contributed by atoms with Crippen molar-refractivity contribution in [3.8, 4) is 0 Å². The number of rotatable bonds is 3. The number of hydrogen-bond acceptors (Lipinski definition) is 5. The Labute approximate surface area is 102 Å². The molecular formula is C12H19N5. The Kier molecular flexibility index (Phi) is 2.84. The van der Waals surface area contributed by atoms with Crippen molar-refractivity contribution in [1.82, 2.24) is 15.3 Å². The van der Waals surface area contributed by atoms with Crippen LogP contribution in [0.25, 0.3) is 0 Å². The van der Waals surface area contributed by atoms with E-state index in [4.69, 9.17) is 0 Å². The van der Waals surface area contributed by atoms with Crippen molar-refractivity contribution >= 4 is 11.6 Å². The van der Waals surface area contributed by atoms with Gasteiger partial charge in [0.15, 0.2) is 0 Å². The molecule has 2 saturated heterocycles. The van der Waals surface area contributed by atoms with Crippen LogP contribution >= 0.6 is 0 Å². The molecule has 0 radical (unpaired) electrons. The van der Waals surface area contributed by atoms with Crippen molar-refractivity contribution in [1.29, 1.82) is 0 Å². The minimum atomic E-state index is 0.524. The largest absolute Gasteiger partial charge is 0.365 e. The van der Waals surface area contributed by atoms with Crippen molar-refractivity contribution in [2.45, 2.75) is 25.8 Å². The van der Waals surface area contributed by atoms with Gasteiger partial charge in [0.25, 0.3) is 0 Å². The summed E-state index contributed by atoms with van der Waals surface area (Å²) in [6, 6.07) is 2.60. The lowest BCUT2D eigenvalue weighted by atomic mass is 10.2. The normalized spacial score (nSPS) is 20.4. The molecule has 92 valence electrons. The lowest BCUT2D eigenvalue weighted by Crippen LogP contribution is -2.51. The van der Waals surface area contributed by atoms with E-state index in [9.17, 15) is 0 Å². The molecule has 3 rings (SSSR count). The Hall–Kier alpha value is -1.36. The molecule has 0 atom stereocenters. The predicted octanol–water partition coefficient (Wildman–Crippen LogP) is 0.769. The third-order valence-corrected chi connectivity index (χ3v) is 3.39. The summed E-state index contributed by atoms with van der Waals surface area (Å²) in [6.07, 6.45) is 2.55. The van der Waals surface area contributed by atoms with Crippen LogP contribution in [0, 0.1) is 6.92 Å². The first kappa shape index (κ1) is 10.8. The van der Waals surface area contributed by atoms with Gasteiger partial charge in [-0.1, -0.05) is 0 Å². The van der Waals surface area contributed by atoms with E-state index in [1.54, 1.807) is 0 Å². The van der Waals surface area contributed by atoms with Gasteiger partial charge in [-0.05, 0) is 19.8 Å². The Morgan fingerprint density at radius 2 is 2.06 bits per heavy atom. The third-order valence-electron chi connectivity index (χ3n) is 3.39. The van der Waals surface area contributed by atoms with Crippen molar-refractivity contribution in [2.24, 2.45) is 0 Å². The lowest BCUT2D eigenvalue weighted by molar-refractivity contribution is 0.471. The molecule has 2 fully saturated rings. The van der Waals surface area contributed by atoms with Gasteiger partial charge in [0, 0.05) is 32.2 Å². The molecule has 2 aliphatic heterocycles. The number of hydrogen-bond donors (Lipinski definition) is 2. The van der Waals surface area contributed by atoms with E-state index in [1.807, 2.05) is 6.92 Å². The first-order chi connectivity index (χ1) is 8.31. The van der Waals surface area contributed by atoms with E-state index in [0.717, 1.165) is 43.6 Å². The zero-order valence-electron chi connectivity index (χ0n) is 10.2. The fraction of sp³-hybridized carbons (Fsp3) is 0.667. The van der Waals surface area contributed by atoms with E-state index in [1.165, 1.54) is 12.8 Å². The van der Waals surface area contributed by atoms with Crippen molar-refractivity contribution < 1.29 is 0 Å². The summed E-state index contributed by atoms with van der Waals surface area (Å²) in [6.45, 7) is 6.27. The zero-order chi connectivity index (χ0) is 11.7. The van der Waals surface area contributed by atoms with Crippen LogP contribution in [-0.4, -0.2) is 42.2 Å². The molecule has 1 aromatic heterocycles. The molecule has 0 spiro atoms. The van der Waals surface area contributed by atoms with Crippen LogP contribution in [0.1, 0.15) is 18.7 Å². The fourth-order valence-electron chi connectivity index (χ4n) is 2.33. The van der Waals surface area contributed by atoms with E-state index >= 15 is 0 Å². The quantitative estimate of drug-likeness (QED) is 0.807. The minimum Gasteiger partial charge on any atom is -0.365 e. The van der Waals surface area contributed by atoms with E-state index < -0.39 is 0 Å². The summed E-state index contributed by atoms with van der Waals surface area (Å²) in [5, 5.41) is 6.69. The standard InChI is InChI=1S/C12H19N5/c1-9-14-11(16-10-7-13-8-10)6-12(15-9)17-4-2-3-5-17/h6,10,13H,2-5,7-8H2,1H3,(H,14,15,16). The first-order valence-corrected chi connectivity index (χ1v) is 6.39. The third kappa shape index (κ3) is 2.34. The summed E-state index contributed by atoms with van der Waals surface area (Å²) in [5.74, 6) is 2.89. The topological polar surface area (TPSA) is 53.1 Å². The van der Waals surface area contributed by atoms with Crippen molar-refractivity contribution in [3.63, 3.8) is 0 Å². The maximum atomic E-state index is 4.53. The van der Waals surface area contributed by atoms with E-state index in [2.05, 4.69) is 31.6 Å². The molecule has 2 N–H and O–H groups in total. The van der Waals surface area contributed by atoms with Gasteiger partial charge < -0.3 is 15.5 Å². The van der Waals surface area contributed by atoms with Crippen LogP contribution < -0.4 is 15.5 Å². The molecule has 0 saturated carbocycles. The smallest absolute Gasteiger partial charge is 0.134 e. The second kappa shape index (κ2) is 4.49. The number of nitrogens with zero attached hydrogens (tertiary/aromatic N) is 3. The minimum absolute atomic E-state index is 0.524. The highest BCUT2D eigenvalue weighted by Crippen LogP contribution is 2.21. The second-order valence-electron chi connectivity index (χ2n) is 4.85. The van der Waals surface area contributed by atoms with E-state index in [0.29, 0.717) is 6.04 Å². The fourth-order valence-corrected chi connectivity index (χ4v) is 2.33. The maximum Gasteiger partial charge on any atom is 0.134 e. The van der Waals surface area contributed by atoms with Gasteiger partial charge in [-0.25, -0.2) is 9.97 Å². The van der Waals surface area contributed by atoms with Gasteiger partial charge >= 0.3 is 0 Å². The predicted molar refractivity (Wildman–Crippen MR) is 68.5 cm³/mol. The van der Waals surface area contributed by atoms with Crippen LogP contribution in [0.3, 0.4) is 0 Å². The van der Waals surface area contributed by atoms with Crippen LogP contribution in [0.4, 0.5) is 11.6 Å². The Morgan fingerprint density at radius 3 is 2.71 bits per heavy atom. The molecule has 0 aliphatic carbocycles. The molecule has 5 heteroatoms. The van der Waals surface area contributed by atoms with Crippen molar-refractivity contribution in [2.75, 3.05) is 36.4 Å². The molecule has 0 amide bonds. The maximum absolute atomic E-state index is 4.53. The van der Waals surface area contributed by atoms with Crippen LogP contribution in [0.5, 0.6) is 0 Å². The number of nitrogens with one attached hydrogen (secondary N) is 2. The Bertz CT molecular complexity index is 396. The molecule has 0 aromatic carbocycles.